The Bertz CT molecular complexity index is 341. The molecule has 0 aromatic heterocycles. The third kappa shape index (κ3) is 4.35. The molecule has 94 valence electrons. The van der Waals surface area contributed by atoms with Crippen LogP contribution in [-0.4, -0.2) is 26.0 Å². The van der Waals surface area contributed by atoms with Crippen LogP contribution in [-0.2, 0) is 20.6 Å². The molecule has 0 unspecified atom stereocenters. The van der Waals surface area contributed by atoms with Crippen molar-refractivity contribution in [2.75, 3.05) is 13.9 Å². The average Bonchev–Trinajstić information content (AvgIpc) is 2.28. The summed E-state index contributed by atoms with van der Waals surface area (Å²) in [5, 5.41) is 9.36. The minimum absolute atomic E-state index is 0.147. The highest BCUT2D eigenvalue weighted by atomic mass is 19.4. The highest BCUT2D eigenvalue weighted by Crippen LogP contribution is 2.28. The summed E-state index contributed by atoms with van der Waals surface area (Å²) in [4.78, 5) is 8.85. The molecule has 0 radical (unpaired) electrons. The average molecular weight is 250 g/mol. The van der Waals surface area contributed by atoms with Crippen molar-refractivity contribution in [3.8, 4) is 0 Å². The topological polar surface area (TPSA) is 47.9 Å². The predicted octanol–water partition coefficient (Wildman–Crippen LogP) is 0.945. The molecule has 1 aromatic carbocycles. The molecule has 17 heavy (non-hydrogen) atoms. The van der Waals surface area contributed by atoms with Gasteiger partial charge in [0.15, 0.2) is 6.79 Å². The third-order valence-electron chi connectivity index (χ3n) is 1.85. The zero-order chi connectivity index (χ0) is 12.9. The summed E-state index contributed by atoms with van der Waals surface area (Å²) < 4.78 is 41.2. The quantitative estimate of drug-likeness (QED) is 0.278. The molecule has 0 saturated carbocycles. The van der Waals surface area contributed by atoms with Gasteiger partial charge in [-0.2, -0.15) is 13.2 Å². The summed E-state index contributed by atoms with van der Waals surface area (Å²) >= 11 is 0. The molecular formula is C9H10BF3O4. The van der Waals surface area contributed by atoms with Gasteiger partial charge in [0, 0.05) is 7.11 Å². The SMILES string of the molecule is COCOOB(O)c1ccc(C(F)(F)F)cc1. The predicted molar refractivity (Wildman–Crippen MR) is 53.1 cm³/mol. The zero-order valence-electron chi connectivity index (χ0n) is 8.90. The van der Waals surface area contributed by atoms with Gasteiger partial charge in [0.1, 0.15) is 0 Å². The summed E-state index contributed by atoms with van der Waals surface area (Å²) in [7, 11) is -0.110. The van der Waals surface area contributed by atoms with E-state index >= 15 is 0 Å². The van der Waals surface area contributed by atoms with E-state index in [1.54, 1.807) is 0 Å². The van der Waals surface area contributed by atoms with E-state index in [1.807, 2.05) is 0 Å². The lowest BCUT2D eigenvalue weighted by atomic mass is 9.80. The van der Waals surface area contributed by atoms with Crippen LogP contribution in [0.5, 0.6) is 0 Å². The number of hydrogen-bond acceptors (Lipinski definition) is 4. The second-order valence-corrected chi connectivity index (χ2v) is 3.09. The number of alkyl halides is 3. The van der Waals surface area contributed by atoms with Crippen LogP contribution in [0.4, 0.5) is 13.2 Å². The highest BCUT2D eigenvalue weighted by Gasteiger charge is 2.30. The van der Waals surface area contributed by atoms with Gasteiger partial charge in [-0.15, -0.1) is 0 Å². The van der Waals surface area contributed by atoms with Gasteiger partial charge >= 0.3 is 13.3 Å². The van der Waals surface area contributed by atoms with Crippen LogP contribution in [0.1, 0.15) is 5.56 Å². The molecule has 0 spiro atoms. The number of ether oxygens (including phenoxy) is 1. The number of halogens is 3. The van der Waals surface area contributed by atoms with Crippen LogP contribution in [0.25, 0.3) is 0 Å². The number of rotatable bonds is 5. The summed E-state index contributed by atoms with van der Waals surface area (Å²) in [6.07, 6.45) is -4.41. The molecule has 0 saturated heterocycles. The molecule has 0 amide bonds. The van der Waals surface area contributed by atoms with Gasteiger partial charge in [0.05, 0.1) is 5.56 Å². The van der Waals surface area contributed by atoms with Crippen LogP contribution in [0.2, 0.25) is 0 Å². The summed E-state index contributed by atoms with van der Waals surface area (Å²) in [5.41, 5.74) is -0.652. The van der Waals surface area contributed by atoms with Gasteiger partial charge in [0.25, 0.3) is 0 Å². The van der Waals surface area contributed by atoms with Crippen molar-refractivity contribution in [1.82, 2.24) is 0 Å². The Kier molecular flexibility index (Phi) is 4.94. The third-order valence-corrected chi connectivity index (χ3v) is 1.85. The lowest BCUT2D eigenvalue weighted by molar-refractivity contribution is -0.271. The number of hydrogen-bond donors (Lipinski definition) is 1. The van der Waals surface area contributed by atoms with Crippen molar-refractivity contribution in [2.45, 2.75) is 6.18 Å². The van der Waals surface area contributed by atoms with Gasteiger partial charge in [-0.05, 0) is 5.46 Å². The lowest BCUT2D eigenvalue weighted by Gasteiger charge is -2.09. The maximum Gasteiger partial charge on any atom is 0.523 e. The van der Waals surface area contributed by atoms with Gasteiger partial charge < -0.3 is 9.76 Å². The van der Waals surface area contributed by atoms with Crippen molar-refractivity contribution >= 4 is 12.6 Å². The minimum Gasteiger partial charge on any atom is -0.422 e. The van der Waals surface area contributed by atoms with E-state index in [4.69, 9.17) is 0 Å². The van der Waals surface area contributed by atoms with E-state index < -0.39 is 18.9 Å². The van der Waals surface area contributed by atoms with E-state index in [0.29, 0.717) is 0 Å². The van der Waals surface area contributed by atoms with Gasteiger partial charge in [-0.3, -0.25) is 4.81 Å². The molecule has 8 heteroatoms. The zero-order valence-corrected chi connectivity index (χ0v) is 8.90. The second-order valence-electron chi connectivity index (χ2n) is 3.09. The summed E-state index contributed by atoms with van der Waals surface area (Å²) in [5.74, 6) is 0. The lowest BCUT2D eigenvalue weighted by Crippen LogP contribution is -2.34. The number of methoxy groups -OCH3 is 1. The molecule has 0 aliphatic carbocycles. The Morgan fingerprint density at radius 2 is 1.82 bits per heavy atom. The fourth-order valence-electron chi connectivity index (χ4n) is 1.03. The van der Waals surface area contributed by atoms with Gasteiger partial charge in [-0.1, -0.05) is 24.3 Å². The monoisotopic (exact) mass is 250 g/mol. The first-order chi connectivity index (χ1) is 7.95. The smallest absolute Gasteiger partial charge is 0.422 e. The summed E-state index contributed by atoms with van der Waals surface area (Å²) in [6, 6.07) is 3.89. The molecule has 1 rings (SSSR count). The van der Waals surface area contributed by atoms with Gasteiger partial charge in [-0.25, -0.2) is 4.89 Å². The Morgan fingerprint density at radius 3 is 2.29 bits per heavy atom. The van der Waals surface area contributed by atoms with Crippen LogP contribution < -0.4 is 5.46 Å². The standard InChI is InChI=1S/C9H10BF3O4/c1-15-6-16-17-10(14)8-4-2-7(3-5-8)9(11,12)13/h2-5,14H,6H2,1H3. The first-order valence-corrected chi connectivity index (χ1v) is 4.57. The molecule has 1 N–H and O–H groups in total. The van der Waals surface area contributed by atoms with E-state index in [2.05, 4.69) is 14.4 Å². The fraction of sp³-hybridized carbons (Fsp3) is 0.333. The van der Waals surface area contributed by atoms with E-state index in [-0.39, 0.29) is 12.3 Å². The van der Waals surface area contributed by atoms with Crippen LogP contribution >= 0.6 is 0 Å². The maximum absolute atomic E-state index is 12.2. The molecule has 0 atom stereocenters. The van der Waals surface area contributed by atoms with Crippen LogP contribution in [0.15, 0.2) is 24.3 Å². The number of benzene rings is 1. The highest BCUT2D eigenvalue weighted by molar-refractivity contribution is 6.59. The Hall–Kier alpha value is -1.09. The minimum atomic E-state index is -4.41. The van der Waals surface area contributed by atoms with Crippen molar-refractivity contribution < 1.29 is 32.6 Å². The summed E-state index contributed by atoms with van der Waals surface area (Å²) in [6.45, 7) is -0.197. The first kappa shape index (κ1) is 14.0. The van der Waals surface area contributed by atoms with E-state index in [1.165, 1.54) is 7.11 Å². The molecule has 0 aliphatic heterocycles. The molecule has 1 aromatic rings. The largest absolute Gasteiger partial charge is 0.523 e. The fourth-order valence-corrected chi connectivity index (χ4v) is 1.03. The Balaban J connectivity index is 2.61. The molecule has 0 bridgehead atoms. The molecule has 4 nitrogen and oxygen atoms in total. The molecule has 0 aliphatic rings. The molecular weight excluding hydrogens is 240 g/mol. The van der Waals surface area contributed by atoms with Gasteiger partial charge in [0.2, 0.25) is 0 Å². The van der Waals surface area contributed by atoms with Crippen LogP contribution in [0, 0.1) is 0 Å². The van der Waals surface area contributed by atoms with Crippen molar-refractivity contribution in [3.63, 3.8) is 0 Å². The molecule has 0 heterocycles. The Morgan fingerprint density at radius 1 is 1.24 bits per heavy atom. The second kappa shape index (κ2) is 6.01. The van der Waals surface area contributed by atoms with Crippen molar-refractivity contribution in [2.24, 2.45) is 0 Å². The normalized spacial score (nSPS) is 11.6. The Labute approximate surface area is 96.0 Å². The van der Waals surface area contributed by atoms with Crippen molar-refractivity contribution in [1.29, 1.82) is 0 Å². The maximum atomic E-state index is 12.2. The van der Waals surface area contributed by atoms with Crippen LogP contribution in [0.3, 0.4) is 0 Å². The van der Waals surface area contributed by atoms with Crippen molar-refractivity contribution in [3.05, 3.63) is 29.8 Å². The van der Waals surface area contributed by atoms with E-state index in [9.17, 15) is 18.2 Å². The molecule has 0 fully saturated rings. The van der Waals surface area contributed by atoms with E-state index in [0.717, 1.165) is 24.3 Å². The first-order valence-electron chi connectivity index (χ1n) is 4.57.